The first kappa shape index (κ1) is 9.53. The highest BCUT2D eigenvalue weighted by atomic mass is 19.1. The van der Waals surface area contributed by atoms with Crippen LogP contribution in [-0.2, 0) is 0 Å². The number of nitrogens with zero attached hydrogens (tertiary/aromatic N) is 1. The van der Waals surface area contributed by atoms with E-state index in [-0.39, 0.29) is 6.67 Å². The normalized spacial score (nSPS) is 9.23. The second-order valence-electron chi connectivity index (χ2n) is 2.63. The Bertz CT molecular complexity index is 304. The van der Waals surface area contributed by atoms with Crippen LogP contribution in [0.15, 0.2) is 24.3 Å². The Morgan fingerprint density at radius 3 is 2.85 bits per heavy atom. The van der Waals surface area contributed by atoms with Crippen LogP contribution in [0.3, 0.4) is 0 Å². The van der Waals surface area contributed by atoms with Crippen LogP contribution in [0.2, 0.25) is 0 Å². The van der Waals surface area contributed by atoms with Crippen molar-refractivity contribution in [3.05, 3.63) is 29.8 Å². The first-order valence-corrected chi connectivity index (χ1v) is 4.17. The lowest BCUT2D eigenvalue weighted by atomic mass is 10.2. The molecule has 2 nitrogen and oxygen atoms in total. The minimum Gasteiger partial charge on any atom is -0.384 e. The van der Waals surface area contributed by atoms with Crippen molar-refractivity contribution in [2.24, 2.45) is 0 Å². The molecular formula is C10H11FN2. The predicted molar refractivity (Wildman–Crippen MR) is 50.2 cm³/mol. The van der Waals surface area contributed by atoms with Crippen molar-refractivity contribution in [2.75, 3.05) is 18.5 Å². The number of rotatable bonds is 4. The van der Waals surface area contributed by atoms with Gasteiger partial charge >= 0.3 is 0 Å². The number of benzene rings is 1. The van der Waals surface area contributed by atoms with E-state index in [2.05, 4.69) is 11.4 Å². The van der Waals surface area contributed by atoms with Crippen LogP contribution >= 0.6 is 0 Å². The number of halogens is 1. The van der Waals surface area contributed by atoms with E-state index in [0.29, 0.717) is 18.5 Å². The maximum Gasteiger partial charge on any atom is 0.101 e. The Morgan fingerprint density at radius 1 is 1.38 bits per heavy atom. The van der Waals surface area contributed by atoms with Gasteiger partial charge in [0.1, 0.15) is 6.07 Å². The topological polar surface area (TPSA) is 35.8 Å². The summed E-state index contributed by atoms with van der Waals surface area (Å²) in [6.45, 7) is 0.233. The molecule has 0 saturated heterocycles. The maximum absolute atomic E-state index is 11.8. The monoisotopic (exact) mass is 178 g/mol. The summed E-state index contributed by atoms with van der Waals surface area (Å²) in [7, 11) is 0. The fourth-order valence-corrected chi connectivity index (χ4v) is 1.02. The highest BCUT2D eigenvalue weighted by Crippen LogP contribution is 2.12. The fraction of sp³-hybridized carbons (Fsp3) is 0.300. The number of para-hydroxylation sites is 1. The molecule has 0 atom stereocenters. The maximum atomic E-state index is 11.8. The molecule has 0 aromatic heterocycles. The van der Waals surface area contributed by atoms with Crippen molar-refractivity contribution < 1.29 is 4.39 Å². The quantitative estimate of drug-likeness (QED) is 0.718. The molecule has 0 spiro atoms. The first-order valence-electron chi connectivity index (χ1n) is 4.17. The van der Waals surface area contributed by atoms with E-state index in [4.69, 9.17) is 5.26 Å². The zero-order valence-corrected chi connectivity index (χ0v) is 7.26. The summed E-state index contributed by atoms with van der Waals surface area (Å²) >= 11 is 0. The average molecular weight is 178 g/mol. The third kappa shape index (κ3) is 2.75. The highest BCUT2D eigenvalue weighted by Gasteiger charge is 1.97. The minimum atomic E-state index is -0.332. The second-order valence-corrected chi connectivity index (χ2v) is 2.63. The molecular weight excluding hydrogens is 167 g/mol. The molecule has 0 heterocycles. The van der Waals surface area contributed by atoms with Gasteiger partial charge in [0.2, 0.25) is 0 Å². The van der Waals surface area contributed by atoms with Gasteiger partial charge in [-0.05, 0) is 18.6 Å². The Labute approximate surface area is 77.0 Å². The minimum absolute atomic E-state index is 0.332. The summed E-state index contributed by atoms with van der Waals surface area (Å²) in [4.78, 5) is 0. The highest BCUT2D eigenvalue weighted by molar-refractivity contribution is 5.56. The molecule has 0 radical (unpaired) electrons. The van der Waals surface area contributed by atoms with Crippen LogP contribution < -0.4 is 5.32 Å². The predicted octanol–water partition coefficient (Wildman–Crippen LogP) is 2.33. The first-order chi connectivity index (χ1) is 6.38. The summed E-state index contributed by atoms with van der Waals surface area (Å²) < 4.78 is 11.8. The third-order valence-electron chi connectivity index (χ3n) is 1.67. The van der Waals surface area contributed by atoms with Gasteiger partial charge in [0.25, 0.3) is 0 Å². The lowest BCUT2D eigenvalue weighted by molar-refractivity contribution is 0.481. The van der Waals surface area contributed by atoms with Crippen molar-refractivity contribution in [3.8, 4) is 6.07 Å². The molecule has 0 aliphatic carbocycles. The van der Waals surface area contributed by atoms with Gasteiger partial charge in [0, 0.05) is 6.54 Å². The van der Waals surface area contributed by atoms with Gasteiger partial charge in [-0.15, -0.1) is 0 Å². The smallest absolute Gasteiger partial charge is 0.101 e. The number of nitrogens with one attached hydrogen (secondary N) is 1. The molecule has 0 aliphatic heterocycles. The molecule has 13 heavy (non-hydrogen) atoms. The summed E-state index contributed by atoms with van der Waals surface area (Å²) in [6.07, 6.45) is 0.472. The lowest BCUT2D eigenvalue weighted by Gasteiger charge is -2.05. The van der Waals surface area contributed by atoms with E-state index in [1.54, 1.807) is 12.1 Å². The molecule has 1 aromatic rings. The van der Waals surface area contributed by atoms with E-state index in [0.717, 1.165) is 5.69 Å². The standard InChI is InChI=1S/C10H11FN2/c11-6-3-7-13-10-5-2-1-4-9(10)8-12/h1-2,4-5,13H,3,6-7H2. The lowest BCUT2D eigenvalue weighted by Crippen LogP contribution is -2.03. The number of hydrogen-bond acceptors (Lipinski definition) is 2. The molecule has 0 fully saturated rings. The van der Waals surface area contributed by atoms with Gasteiger partial charge in [-0.25, -0.2) is 0 Å². The Morgan fingerprint density at radius 2 is 2.15 bits per heavy atom. The Kier molecular flexibility index (Phi) is 3.77. The van der Waals surface area contributed by atoms with Gasteiger partial charge in [-0.2, -0.15) is 5.26 Å². The number of anilines is 1. The second kappa shape index (κ2) is 5.15. The van der Waals surface area contributed by atoms with Gasteiger partial charge in [-0.3, -0.25) is 4.39 Å². The number of hydrogen-bond donors (Lipinski definition) is 1. The average Bonchev–Trinajstić information content (AvgIpc) is 2.19. The zero-order valence-electron chi connectivity index (χ0n) is 7.26. The van der Waals surface area contributed by atoms with Crippen molar-refractivity contribution in [3.63, 3.8) is 0 Å². The molecule has 68 valence electrons. The van der Waals surface area contributed by atoms with E-state index in [1.165, 1.54) is 0 Å². The van der Waals surface area contributed by atoms with E-state index >= 15 is 0 Å². The molecule has 3 heteroatoms. The van der Waals surface area contributed by atoms with Crippen LogP contribution in [0.1, 0.15) is 12.0 Å². The molecule has 0 unspecified atom stereocenters. The summed E-state index contributed by atoms with van der Waals surface area (Å²) in [6, 6.07) is 9.27. The van der Waals surface area contributed by atoms with Crippen molar-refractivity contribution in [1.82, 2.24) is 0 Å². The molecule has 1 rings (SSSR count). The van der Waals surface area contributed by atoms with Crippen molar-refractivity contribution in [2.45, 2.75) is 6.42 Å². The number of alkyl halides is 1. The Balaban J connectivity index is 2.60. The van der Waals surface area contributed by atoms with E-state index < -0.39 is 0 Å². The molecule has 0 saturated carbocycles. The molecule has 0 aliphatic rings. The van der Waals surface area contributed by atoms with Crippen LogP contribution in [0.25, 0.3) is 0 Å². The molecule has 0 bridgehead atoms. The van der Waals surface area contributed by atoms with Crippen LogP contribution in [-0.4, -0.2) is 13.2 Å². The number of nitriles is 1. The zero-order chi connectivity index (χ0) is 9.52. The molecule has 1 aromatic carbocycles. The largest absolute Gasteiger partial charge is 0.384 e. The van der Waals surface area contributed by atoms with Crippen LogP contribution in [0.5, 0.6) is 0 Å². The van der Waals surface area contributed by atoms with Gasteiger partial charge in [0.15, 0.2) is 0 Å². The molecule has 1 N–H and O–H groups in total. The van der Waals surface area contributed by atoms with Crippen molar-refractivity contribution in [1.29, 1.82) is 5.26 Å². The SMILES string of the molecule is N#Cc1ccccc1NCCCF. The van der Waals surface area contributed by atoms with Gasteiger partial charge in [0.05, 0.1) is 17.9 Å². The summed E-state index contributed by atoms with van der Waals surface area (Å²) in [5.41, 5.74) is 1.37. The van der Waals surface area contributed by atoms with E-state index in [9.17, 15) is 4.39 Å². The van der Waals surface area contributed by atoms with Crippen LogP contribution in [0, 0.1) is 11.3 Å². The van der Waals surface area contributed by atoms with Gasteiger partial charge in [-0.1, -0.05) is 12.1 Å². The van der Waals surface area contributed by atoms with Gasteiger partial charge < -0.3 is 5.32 Å². The summed E-state index contributed by atoms with van der Waals surface area (Å²) in [5, 5.41) is 11.7. The molecule has 0 amide bonds. The Hall–Kier alpha value is -1.56. The fourth-order valence-electron chi connectivity index (χ4n) is 1.02. The van der Waals surface area contributed by atoms with Crippen molar-refractivity contribution >= 4 is 5.69 Å². The van der Waals surface area contributed by atoms with Crippen LogP contribution in [0.4, 0.5) is 10.1 Å². The van der Waals surface area contributed by atoms with E-state index in [1.807, 2.05) is 12.1 Å². The summed E-state index contributed by atoms with van der Waals surface area (Å²) in [5.74, 6) is 0. The third-order valence-corrected chi connectivity index (χ3v) is 1.67.